The van der Waals surface area contributed by atoms with Crippen LogP contribution in [0.3, 0.4) is 0 Å². The van der Waals surface area contributed by atoms with E-state index in [4.69, 9.17) is 5.11 Å². The van der Waals surface area contributed by atoms with Crippen molar-refractivity contribution in [2.75, 3.05) is 0 Å². The van der Waals surface area contributed by atoms with Gasteiger partial charge in [-0.15, -0.1) is 11.3 Å². The molecule has 1 saturated carbocycles. The molecule has 1 heterocycles. The largest absolute Gasteiger partial charge is 0.481 e. The first-order valence-corrected chi connectivity index (χ1v) is 7.15. The van der Waals surface area contributed by atoms with Gasteiger partial charge in [0.15, 0.2) is 0 Å². The van der Waals surface area contributed by atoms with Crippen LogP contribution in [0.15, 0.2) is 11.6 Å². The predicted molar refractivity (Wildman–Crippen MR) is 71.0 cm³/mol. The van der Waals surface area contributed by atoms with E-state index in [1.54, 1.807) is 6.20 Å². The van der Waals surface area contributed by atoms with Crippen molar-refractivity contribution >= 4 is 23.3 Å². The fourth-order valence-electron chi connectivity index (χ4n) is 2.35. The van der Waals surface area contributed by atoms with Gasteiger partial charge in [0.1, 0.15) is 5.01 Å². The molecule has 1 aliphatic rings. The lowest BCUT2D eigenvalue weighted by atomic mass is 10.0. The highest BCUT2D eigenvalue weighted by Crippen LogP contribution is 2.25. The molecule has 0 radical (unpaired) electrons. The summed E-state index contributed by atoms with van der Waals surface area (Å²) in [5, 5.41) is 17.3. The van der Waals surface area contributed by atoms with Gasteiger partial charge in [-0.1, -0.05) is 6.42 Å². The smallest absolute Gasteiger partial charge is 0.315 e. The van der Waals surface area contributed by atoms with Crippen molar-refractivity contribution in [3.05, 3.63) is 16.6 Å². The van der Waals surface area contributed by atoms with E-state index in [0.717, 1.165) is 17.8 Å². The third-order valence-electron chi connectivity index (χ3n) is 3.32. The van der Waals surface area contributed by atoms with Gasteiger partial charge in [0, 0.05) is 17.6 Å². The van der Waals surface area contributed by atoms with Gasteiger partial charge in [-0.3, -0.25) is 4.79 Å². The van der Waals surface area contributed by atoms with Crippen molar-refractivity contribution in [2.45, 2.75) is 38.3 Å². The number of rotatable bonds is 4. The van der Waals surface area contributed by atoms with E-state index in [-0.39, 0.29) is 18.1 Å². The number of nitrogens with one attached hydrogen (secondary N) is 2. The Morgan fingerprint density at radius 1 is 1.53 bits per heavy atom. The number of aliphatic carboxylic acids is 1. The zero-order chi connectivity index (χ0) is 13.8. The van der Waals surface area contributed by atoms with Gasteiger partial charge in [-0.05, 0) is 19.8 Å². The van der Waals surface area contributed by atoms with E-state index >= 15 is 0 Å². The summed E-state index contributed by atoms with van der Waals surface area (Å²) in [5.74, 6) is -1.31. The number of carbonyl (C=O) groups is 2. The number of hydrogen-bond acceptors (Lipinski definition) is 4. The van der Waals surface area contributed by atoms with Gasteiger partial charge in [0.25, 0.3) is 0 Å². The van der Waals surface area contributed by atoms with Crippen molar-refractivity contribution in [1.29, 1.82) is 0 Å². The SMILES string of the molecule is CC(NC(=O)NC1CCCC1C(=O)O)c1nccs1. The summed E-state index contributed by atoms with van der Waals surface area (Å²) in [7, 11) is 0. The van der Waals surface area contributed by atoms with Crippen LogP contribution < -0.4 is 10.6 Å². The molecule has 7 heteroatoms. The second kappa shape index (κ2) is 6.01. The molecule has 1 aliphatic carbocycles. The lowest BCUT2D eigenvalue weighted by molar-refractivity contribution is -0.142. The van der Waals surface area contributed by atoms with Crippen molar-refractivity contribution < 1.29 is 14.7 Å². The molecule has 0 spiro atoms. The van der Waals surface area contributed by atoms with Gasteiger partial charge in [-0.25, -0.2) is 9.78 Å². The second-order valence-electron chi connectivity index (χ2n) is 4.69. The number of aromatic nitrogens is 1. The maximum atomic E-state index is 11.8. The Morgan fingerprint density at radius 2 is 2.32 bits per heavy atom. The molecular formula is C12H17N3O3S. The fraction of sp³-hybridized carbons (Fsp3) is 0.583. The third-order valence-corrected chi connectivity index (χ3v) is 4.28. The van der Waals surface area contributed by atoms with Crippen LogP contribution in [-0.2, 0) is 4.79 Å². The molecule has 19 heavy (non-hydrogen) atoms. The lowest BCUT2D eigenvalue weighted by Crippen LogP contribution is -2.45. The van der Waals surface area contributed by atoms with E-state index in [0.29, 0.717) is 6.42 Å². The topological polar surface area (TPSA) is 91.3 Å². The first-order chi connectivity index (χ1) is 9.08. The summed E-state index contributed by atoms with van der Waals surface area (Å²) in [6.07, 6.45) is 3.87. The van der Waals surface area contributed by atoms with Gasteiger partial charge in [-0.2, -0.15) is 0 Å². The quantitative estimate of drug-likeness (QED) is 0.785. The molecule has 3 atom stereocenters. The molecule has 1 aromatic rings. The van der Waals surface area contributed by atoms with Gasteiger partial charge < -0.3 is 15.7 Å². The Hall–Kier alpha value is -1.63. The van der Waals surface area contributed by atoms with Crippen molar-refractivity contribution in [3.8, 4) is 0 Å². The molecule has 0 aliphatic heterocycles. The Balaban J connectivity index is 1.86. The molecule has 0 bridgehead atoms. The number of carboxylic acids is 1. The number of hydrogen-bond donors (Lipinski definition) is 3. The Labute approximate surface area is 115 Å². The first kappa shape index (κ1) is 13.8. The minimum Gasteiger partial charge on any atom is -0.481 e. The normalized spacial score (nSPS) is 23.8. The fourth-order valence-corrected chi connectivity index (χ4v) is 2.99. The van der Waals surface area contributed by atoms with Crippen LogP contribution in [0.5, 0.6) is 0 Å². The minimum absolute atomic E-state index is 0.176. The highest BCUT2D eigenvalue weighted by atomic mass is 32.1. The van der Waals surface area contributed by atoms with E-state index in [9.17, 15) is 9.59 Å². The van der Waals surface area contributed by atoms with Crippen LogP contribution in [0, 0.1) is 5.92 Å². The Kier molecular flexibility index (Phi) is 4.36. The van der Waals surface area contributed by atoms with E-state index in [1.165, 1.54) is 11.3 Å². The summed E-state index contributed by atoms with van der Waals surface area (Å²) in [4.78, 5) is 27.0. The molecule has 104 valence electrons. The van der Waals surface area contributed by atoms with Crippen LogP contribution >= 0.6 is 11.3 Å². The van der Waals surface area contributed by atoms with Crippen LogP contribution in [-0.4, -0.2) is 28.1 Å². The molecule has 3 N–H and O–H groups in total. The summed E-state index contributed by atoms with van der Waals surface area (Å²) in [6, 6.07) is -0.786. The molecule has 0 saturated heterocycles. The number of carboxylic acid groups (broad SMARTS) is 1. The van der Waals surface area contributed by atoms with Gasteiger partial charge >= 0.3 is 12.0 Å². The van der Waals surface area contributed by atoms with Crippen molar-refractivity contribution in [3.63, 3.8) is 0 Å². The maximum Gasteiger partial charge on any atom is 0.315 e. The van der Waals surface area contributed by atoms with E-state index in [2.05, 4.69) is 15.6 Å². The van der Waals surface area contributed by atoms with Crippen LogP contribution in [0.25, 0.3) is 0 Å². The summed E-state index contributed by atoms with van der Waals surface area (Å²) >= 11 is 1.47. The predicted octanol–water partition coefficient (Wildman–Crippen LogP) is 1.76. The van der Waals surface area contributed by atoms with Gasteiger partial charge in [0.2, 0.25) is 0 Å². The second-order valence-corrected chi connectivity index (χ2v) is 5.62. The number of thiazole rings is 1. The average molecular weight is 283 g/mol. The summed E-state index contributed by atoms with van der Waals surface area (Å²) in [6.45, 7) is 1.85. The Morgan fingerprint density at radius 3 is 2.95 bits per heavy atom. The zero-order valence-corrected chi connectivity index (χ0v) is 11.4. The maximum absolute atomic E-state index is 11.8. The van der Waals surface area contributed by atoms with E-state index < -0.39 is 11.9 Å². The molecule has 2 rings (SSSR count). The zero-order valence-electron chi connectivity index (χ0n) is 10.6. The standard InChI is InChI=1S/C12H17N3O3S/c1-7(10-13-5-6-19-10)14-12(18)15-9-4-2-3-8(9)11(16)17/h5-9H,2-4H2,1H3,(H,16,17)(H2,14,15,18). The first-order valence-electron chi connectivity index (χ1n) is 6.27. The van der Waals surface area contributed by atoms with Crippen LogP contribution in [0.4, 0.5) is 4.79 Å². The molecule has 1 fully saturated rings. The number of carbonyl (C=O) groups excluding carboxylic acids is 1. The number of urea groups is 1. The average Bonchev–Trinajstić information content (AvgIpc) is 2.98. The summed E-state index contributed by atoms with van der Waals surface area (Å²) in [5.41, 5.74) is 0. The summed E-state index contributed by atoms with van der Waals surface area (Å²) < 4.78 is 0. The molecule has 0 aromatic carbocycles. The van der Waals surface area contributed by atoms with Crippen LogP contribution in [0.2, 0.25) is 0 Å². The monoisotopic (exact) mass is 283 g/mol. The molecular weight excluding hydrogens is 266 g/mol. The van der Waals surface area contributed by atoms with E-state index in [1.807, 2.05) is 12.3 Å². The Bertz CT molecular complexity index is 449. The molecule has 1 aromatic heterocycles. The lowest BCUT2D eigenvalue weighted by Gasteiger charge is -2.19. The molecule has 6 nitrogen and oxygen atoms in total. The van der Waals surface area contributed by atoms with Crippen molar-refractivity contribution in [1.82, 2.24) is 15.6 Å². The van der Waals surface area contributed by atoms with Crippen molar-refractivity contribution in [2.24, 2.45) is 5.92 Å². The van der Waals surface area contributed by atoms with Crippen LogP contribution in [0.1, 0.15) is 37.2 Å². The highest BCUT2D eigenvalue weighted by molar-refractivity contribution is 7.09. The van der Waals surface area contributed by atoms with Gasteiger partial charge in [0.05, 0.1) is 12.0 Å². The molecule has 3 unspecified atom stereocenters. The molecule has 2 amide bonds. The third kappa shape index (κ3) is 3.44. The number of nitrogens with zero attached hydrogens (tertiary/aromatic N) is 1. The highest BCUT2D eigenvalue weighted by Gasteiger charge is 2.34. The number of amides is 2. The minimum atomic E-state index is -0.837.